The number of rotatable bonds is 3. The fraction of sp³-hybridized carbons (Fsp3) is 0.300. The second-order valence-corrected chi connectivity index (χ2v) is 3.77. The first-order valence-corrected chi connectivity index (χ1v) is 4.96. The van der Waals surface area contributed by atoms with E-state index >= 15 is 0 Å². The zero-order valence-corrected chi connectivity index (χ0v) is 8.97. The van der Waals surface area contributed by atoms with Crippen molar-refractivity contribution in [2.75, 3.05) is 0 Å². The number of halogens is 1. The summed E-state index contributed by atoms with van der Waals surface area (Å²) in [6.45, 7) is 2.03. The van der Waals surface area contributed by atoms with Crippen LogP contribution in [0.4, 0.5) is 0 Å². The van der Waals surface area contributed by atoms with Crippen LogP contribution in [0.1, 0.15) is 29.3 Å². The Labute approximate surface area is 85.7 Å². The predicted octanol–water partition coefficient (Wildman–Crippen LogP) is 3.10. The average molecular weight is 243 g/mol. The standard InChI is InChI=1S/C10H11BrO2/c1-2-3-7-6-8(11)4-5-9(7)10(12)13/h4-6H,2-3H2,1H3,(H,12,13). The summed E-state index contributed by atoms with van der Waals surface area (Å²) in [5.41, 5.74) is 1.30. The van der Waals surface area contributed by atoms with E-state index in [2.05, 4.69) is 15.9 Å². The molecular formula is C10H11BrO2. The van der Waals surface area contributed by atoms with E-state index in [1.807, 2.05) is 13.0 Å². The van der Waals surface area contributed by atoms with Gasteiger partial charge in [0.2, 0.25) is 0 Å². The Hall–Kier alpha value is -0.830. The van der Waals surface area contributed by atoms with Crippen LogP contribution in [0, 0.1) is 0 Å². The third-order valence-corrected chi connectivity index (χ3v) is 2.31. The van der Waals surface area contributed by atoms with Gasteiger partial charge >= 0.3 is 5.97 Å². The molecule has 2 nitrogen and oxygen atoms in total. The lowest BCUT2D eigenvalue weighted by molar-refractivity contribution is 0.0695. The molecule has 0 bridgehead atoms. The Bertz CT molecular complexity index is 321. The van der Waals surface area contributed by atoms with Crippen molar-refractivity contribution in [3.63, 3.8) is 0 Å². The quantitative estimate of drug-likeness (QED) is 0.885. The van der Waals surface area contributed by atoms with Gasteiger partial charge < -0.3 is 5.11 Å². The van der Waals surface area contributed by atoms with E-state index in [0.29, 0.717) is 5.56 Å². The summed E-state index contributed by atoms with van der Waals surface area (Å²) in [6.07, 6.45) is 1.76. The molecule has 0 aliphatic heterocycles. The van der Waals surface area contributed by atoms with Gasteiger partial charge in [-0.05, 0) is 30.2 Å². The highest BCUT2D eigenvalue weighted by Gasteiger charge is 2.08. The largest absolute Gasteiger partial charge is 0.478 e. The highest BCUT2D eigenvalue weighted by atomic mass is 79.9. The molecule has 1 rings (SSSR count). The smallest absolute Gasteiger partial charge is 0.335 e. The fourth-order valence-electron chi connectivity index (χ4n) is 1.25. The van der Waals surface area contributed by atoms with Gasteiger partial charge in [-0.25, -0.2) is 4.79 Å². The van der Waals surface area contributed by atoms with Gasteiger partial charge in [-0.2, -0.15) is 0 Å². The molecule has 0 saturated heterocycles. The van der Waals surface area contributed by atoms with Crippen molar-refractivity contribution in [1.82, 2.24) is 0 Å². The molecule has 0 aliphatic rings. The maximum Gasteiger partial charge on any atom is 0.335 e. The summed E-state index contributed by atoms with van der Waals surface area (Å²) in [7, 11) is 0. The van der Waals surface area contributed by atoms with Crippen molar-refractivity contribution >= 4 is 21.9 Å². The Morgan fingerprint density at radius 1 is 1.54 bits per heavy atom. The van der Waals surface area contributed by atoms with Crippen molar-refractivity contribution in [1.29, 1.82) is 0 Å². The molecule has 70 valence electrons. The maximum absolute atomic E-state index is 10.8. The van der Waals surface area contributed by atoms with Crippen LogP contribution >= 0.6 is 15.9 Å². The zero-order valence-electron chi connectivity index (χ0n) is 7.38. The van der Waals surface area contributed by atoms with Crippen LogP contribution < -0.4 is 0 Å². The third kappa shape index (κ3) is 2.56. The maximum atomic E-state index is 10.8. The molecule has 0 saturated carbocycles. The number of hydrogen-bond acceptors (Lipinski definition) is 1. The van der Waals surface area contributed by atoms with Crippen molar-refractivity contribution in [3.05, 3.63) is 33.8 Å². The minimum atomic E-state index is -0.851. The Balaban J connectivity index is 3.10. The van der Waals surface area contributed by atoms with Crippen molar-refractivity contribution in [2.24, 2.45) is 0 Å². The molecule has 0 spiro atoms. The summed E-state index contributed by atoms with van der Waals surface area (Å²) >= 11 is 3.32. The van der Waals surface area contributed by atoms with Gasteiger partial charge in [0.05, 0.1) is 5.56 Å². The van der Waals surface area contributed by atoms with Crippen LogP contribution in [0.15, 0.2) is 22.7 Å². The minimum Gasteiger partial charge on any atom is -0.478 e. The molecule has 0 heterocycles. The van der Waals surface area contributed by atoms with Gasteiger partial charge in [0.1, 0.15) is 0 Å². The van der Waals surface area contributed by atoms with Crippen LogP contribution in [-0.4, -0.2) is 11.1 Å². The molecule has 0 aliphatic carbocycles. The molecule has 0 unspecified atom stereocenters. The second-order valence-electron chi connectivity index (χ2n) is 2.86. The number of aromatic carboxylic acids is 1. The van der Waals surface area contributed by atoms with Crippen LogP contribution in [0.5, 0.6) is 0 Å². The number of carboxylic acids is 1. The number of aryl methyl sites for hydroxylation is 1. The molecule has 0 amide bonds. The number of carboxylic acid groups (broad SMARTS) is 1. The first kappa shape index (κ1) is 10.3. The van der Waals surface area contributed by atoms with Gasteiger partial charge in [0.25, 0.3) is 0 Å². The van der Waals surface area contributed by atoms with Gasteiger partial charge in [0.15, 0.2) is 0 Å². The molecule has 3 heteroatoms. The van der Waals surface area contributed by atoms with E-state index in [9.17, 15) is 4.79 Å². The first-order valence-electron chi connectivity index (χ1n) is 4.17. The van der Waals surface area contributed by atoms with E-state index in [-0.39, 0.29) is 0 Å². The summed E-state index contributed by atoms with van der Waals surface area (Å²) in [6, 6.07) is 5.26. The molecular weight excluding hydrogens is 232 g/mol. The van der Waals surface area contributed by atoms with Crippen LogP contribution in [-0.2, 0) is 6.42 Å². The van der Waals surface area contributed by atoms with Crippen LogP contribution in [0.25, 0.3) is 0 Å². The van der Waals surface area contributed by atoms with Gasteiger partial charge in [-0.15, -0.1) is 0 Å². The zero-order chi connectivity index (χ0) is 9.84. The SMILES string of the molecule is CCCc1cc(Br)ccc1C(=O)O. The second kappa shape index (κ2) is 4.42. The summed E-state index contributed by atoms with van der Waals surface area (Å²) < 4.78 is 0.931. The number of benzene rings is 1. The Morgan fingerprint density at radius 3 is 2.77 bits per heavy atom. The van der Waals surface area contributed by atoms with Crippen molar-refractivity contribution in [2.45, 2.75) is 19.8 Å². The molecule has 0 radical (unpaired) electrons. The van der Waals surface area contributed by atoms with E-state index in [1.54, 1.807) is 12.1 Å². The van der Waals surface area contributed by atoms with Gasteiger partial charge in [-0.3, -0.25) is 0 Å². The lowest BCUT2D eigenvalue weighted by Crippen LogP contribution is -2.01. The number of carbonyl (C=O) groups is 1. The van der Waals surface area contributed by atoms with Crippen LogP contribution in [0.3, 0.4) is 0 Å². The normalized spacial score (nSPS) is 10.0. The topological polar surface area (TPSA) is 37.3 Å². The molecule has 0 aromatic heterocycles. The molecule has 1 aromatic carbocycles. The molecule has 1 N–H and O–H groups in total. The Morgan fingerprint density at radius 2 is 2.23 bits per heavy atom. The third-order valence-electron chi connectivity index (χ3n) is 1.82. The number of hydrogen-bond donors (Lipinski definition) is 1. The van der Waals surface area contributed by atoms with Gasteiger partial charge in [0, 0.05) is 4.47 Å². The van der Waals surface area contributed by atoms with E-state index < -0.39 is 5.97 Å². The van der Waals surface area contributed by atoms with E-state index in [1.165, 1.54) is 0 Å². The van der Waals surface area contributed by atoms with E-state index in [4.69, 9.17) is 5.11 Å². The molecule has 1 aromatic rings. The van der Waals surface area contributed by atoms with Crippen molar-refractivity contribution < 1.29 is 9.90 Å². The summed E-state index contributed by atoms with van der Waals surface area (Å²) in [5, 5.41) is 8.87. The highest BCUT2D eigenvalue weighted by molar-refractivity contribution is 9.10. The average Bonchev–Trinajstić information content (AvgIpc) is 2.04. The van der Waals surface area contributed by atoms with Gasteiger partial charge in [-0.1, -0.05) is 29.3 Å². The first-order chi connectivity index (χ1) is 6.15. The highest BCUT2D eigenvalue weighted by Crippen LogP contribution is 2.18. The monoisotopic (exact) mass is 242 g/mol. The molecule has 0 atom stereocenters. The lowest BCUT2D eigenvalue weighted by Gasteiger charge is -2.04. The summed E-state index contributed by atoms with van der Waals surface area (Å²) in [4.78, 5) is 10.8. The van der Waals surface area contributed by atoms with Crippen LogP contribution in [0.2, 0.25) is 0 Å². The molecule has 13 heavy (non-hydrogen) atoms. The van der Waals surface area contributed by atoms with E-state index in [0.717, 1.165) is 22.9 Å². The predicted molar refractivity (Wildman–Crippen MR) is 55.1 cm³/mol. The fourth-order valence-corrected chi connectivity index (χ4v) is 1.66. The molecule has 0 fully saturated rings. The van der Waals surface area contributed by atoms with Crippen molar-refractivity contribution in [3.8, 4) is 0 Å². The Kier molecular flexibility index (Phi) is 3.48. The summed E-state index contributed by atoms with van der Waals surface area (Å²) in [5.74, 6) is -0.851. The minimum absolute atomic E-state index is 0.407. The lowest BCUT2D eigenvalue weighted by atomic mass is 10.0.